The fourth-order valence-electron chi connectivity index (χ4n) is 2.81. The van der Waals surface area contributed by atoms with Crippen LogP contribution in [0.3, 0.4) is 0 Å². The molecule has 0 aromatic heterocycles. The van der Waals surface area contributed by atoms with Gasteiger partial charge in [-0.25, -0.2) is 0 Å². The minimum absolute atomic E-state index is 0.690. The summed E-state index contributed by atoms with van der Waals surface area (Å²) in [6.07, 6.45) is 1.77. The highest BCUT2D eigenvalue weighted by Gasteiger charge is 2.42. The molecule has 0 aliphatic heterocycles. The van der Waals surface area contributed by atoms with Crippen LogP contribution in [0.4, 0.5) is 0 Å². The van der Waals surface area contributed by atoms with E-state index in [0.717, 1.165) is 15.9 Å². The number of rotatable bonds is 7. The standard InChI is InChI=1S/C21H22O3Si2/c1-3-18-14-16-21(17-15-18)26(22,23-2)24-25(19-10-6-4-7-11-19)20-12-8-5-9-13-20/h3-17,22,25H,1H2,2H3. The molecule has 3 aromatic rings. The summed E-state index contributed by atoms with van der Waals surface area (Å²) in [5, 5.41) is 2.89. The van der Waals surface area contributed by atoms with Gasteiger partial charge in [0.25, 0.3) is 0 Å². The highest BCUT2D eigenvalue weighted by molar-refractivity contribution is 6.89. The molecule has 0 aliphatic carbocycles. The third kappa shape index (κ3) is 4.09. The van der Waals surface area contributed by atoms with Gasteiger partial charge >= 0.3 is 8.80 Å². The largest absolute Gasteiger partial charge is 0.524 e. The molecule has 1 atom stereocenters. The van der Waals surface area contributed by atoms with E-state index in [2.05, 4.69) is 30.8 Å². The van der Waals surface area contributed by atoms with Crippen molar-refractivity contribution in [3.05, 3.63) is 97.1 Å². The Kier molecular flexibility index (Phi) is 5.98. The summed E-state index contributed by atoms with van der Waals surface area (Å²) in [6, 6.07) is 27.7. The van der Waals surface area contributed by atoms with Gasteiger partial charge in [-0.1, -0.05) is 97.6 Å². The van der Waals surface area contributed by atoms with Crippen molar-refractivity contribution in [1.82, 2.24) is 0 Å². The summed E-state index contributed by atoms with van der Waals surface area (Å²) in [5.41, 5.74) is 0.987. The van der Waals surface area contributed by atoms with Gasteiger partial charge in [0, 0.05) is 12.3 Å². The maximum atomic E-state index is 11.3. The van der Waals surface area contributed by atoms with Crippen molar-refractivity contribution < 1.29 is 13.3 Å². The summed E-state index contributed by atoms with van der Waals surface area (Å²) in [4.78, 5) is 11.3. The Morgan fingerprint density at radius 3 is 1.77 bits per heavy atom. The zero-order valence-corrected chi connectivity index (χ0v) is 16.9. The predicted octanol–water partition coefficient (Wildman–Crippen LogP) is 1.67. The van der Waals surface area contributed by atoms with E-state index in [1.165, 1.54) is 7.11 Å². The minimum atomic E-state index is -3.54. The van der Waals surface area contributed by atoms with Crippen molar-refractivity contribution in [2.24, 2.45) is 0 Å². The van der Waals surface area contributed by atoms with E-state index >= 15 is 0 Å². The molecular weight excluding hydrogens is 356 g/mol. The zero-order chi connectivity index (χ0) is 18.4. The van der Waals surface area contributed by atoms with E-state index in [-0.39, 0.29) is 0 Å². The van der Waals surface area contributed by atoms with Crippen LogP contribution < -0.4 is 15.6 Å². The number of hydrogen-bond donors (Lipinski definition) is 1. The molecule has 0 heterocycles. The number of benzene rings is 3. The van der Waals surface area contributed by atoms with Gasteiger partial charge in [0.1, 0.15) is 0 Å². The molecular formula is C21H22O3Si2. The molecule has 1 unspecified atom stereocenters. The second kappa shape index (κ2) is 8.40. The monoisotopic (exact) mass is 378 g/mol. The first-order valence-electron chi connectivity index (χ1n) is 8.44. The van der Waals surface area contributed by atoms with Crippen molar-refractivity contribution in [2.75, 3.05) is 7.11 Å². The Balaban J connectivity index is 1.99. The first kappa shape index (κ1) is 18.5. The van der Waals surface area contributed by atoms with E-state index in [9.17, 15) is 4.80 Å². The molecule has 3 nitrogen and oxygen atoms in total. The van der Waals surface area contributed by atoms with Gasteiger partial charge in [0.05, 0.1) is 0 Å². The van der Waals surface area contributed by atoms with Crippen LogP contribution >= 0.6 is 0 Å². The molecule has 3 rings (SSSR count). The average molecular weight is 379 g/mol. The quantitative estimate of drug-likeness (QED) is 0.636. The van der Waals surface area contributed by atoms with Crippen molar-refractivity contribution in [2.45, 2.75) is 0 Å². The molecule has 5 heteroatoms. The Labute approximate surface area is 157 Å². The maximum absolute atomic E-state index is 11.3. The SMILES string of the molecule is C=Cc1ccc([Si](O)(OC)O[SiH](c2ccccc2)c2ccccc2)cc1. The van der Waals surface area contributed by atoms with Gasteiger partial charge in [0.15, 0.2) is 0 Å². The Hall–Kier alpha value is -2.29. The first-order valence-corrected chi connectivity index (χ1v) is 11.8. The maximum Gasteiger partial charge on any atom is 0.524 e. The van der Waals surface area contributed by atoms with Crippen molar-refractivity contribution in [3.8, 4) is 0 Å². The Morgan fingerprint density at radius 1 is 0.846 bits per heavy atom. The lowest BCUT2D eigenvalue weighted by Crippen LogP contribution is -2.61. The van der Waals surface area contributed by atoms with Gasteiger partial charge in [-0.15, -0.1) is 0 Å². The summed E-state index contributed by atoms with van der Waals surface area (Å²) in [6.45, 7) is 3.76. The number of hydrogen-bond acceptors (Lipinski definition) is 3. The van der Waals surface area contributed by atoms with E-state index in [0.29, 0.717) is 5.19 Å². The van der Waals surface area contributed by atoms with E-state index in [1.54, 1.807) is 6.08 Å². The smallest absolute Gasteiger partial charge is 0.406 e. The van der Waals surface area contributed by atoms with Crippen molar-refractivity contribution >= 4 is 39.5 Å². The molecule has 132 valence electrons. The highest BCUT2D eigenvalue weighted by Crippen LogP contribution is 2.09. The van der Waals surface area contributed by atoms with Crippen LogP contribution in [0.1, 0.15) is 5.56 Å². The zero-order valence-electron chi connectivity index (χ0n) is 14.7. The van der Waals surface area contributed by atoms with Crippen molar-refractivity contribution in [1.29, 1.82) is 0 Å². The van der Waals surface area contributed by atoms with Crippen LogP contribution in [0, 0.1) is 0 Å². The normalized spacial score (nSPS) is 13.3. The lowest BCUT2D eigenvalue weighted by atomic mass is 10.2. The molecule has 0 amide bonds. The molecule has 3 aromatic carbocycles. The molecule has 0 fully saturated rings. The van der Waals surface area contributed by atoms with E-state index < -0.39 is 17.8 Å². The van der Waals surface area contributed by atoms with Crippen LogP contribution in [0.25, 0.3) is 6.08 Å². The van der Waals surface area contributed by atoms with Gasteiger partial charge in [0.2, 0.25) is 9.04 Å². The minimum Gasteiger partial charge on any atom is -0.406 e. The van der Waals surface area contributed by atoms with Gasteiger partial charge < -0.3 is 13.3 Å². The second-order valence-electron chi connectivity index (χ2n) is 5.93. The van der Waals surface area contributed by atoms with Crippen LogP contribution in [0.2, 0.25) is 0 Å². The molecule has 0 saturated heterocycles. The fourth-order valence-corrected chi connectivity index (χ4v) is 8.46. The third-order valence-electron chi connectivity index (χ3n) is 4.27. The Bertz CT molecular complexity index is 799. The summed E-state index contributed by atoms with van der Waals surface area (Å²) >= 11 is 0. The van der Waals surface area contributed by atoms with Crippen molar-refractivity contribution in [3.63, 3.8) is 0 Å². The molecule has 0 saturated carbocycles. The van der Waals surface area contributed by atoms with E-state index in [1.807, 2.05) is 60.7 Å². The second-order valence-corrected chi connectivity index (χ2v) is 11.1. The molecule has 1 N–H and O–H groups in total. The molecule has 26 heavy (non-hydrogen) atoms. The summed E-state index contributed by atoms with van der Waals surface area (Å²) < 4.78 is 12.0. The van der Waals surface area contributed by atoms with Crippen LogP contribution in [0.15, 0.2) is 91.5 Å². The molecule has 0 radical (unpaired) electrons. The lowest BCUT2D eigenvalue weighted by molar-refractivity contribution is 0.216. The molecule has 0 bridgehead atoms. The van der Waals surface area contributed by atoms with Crippen LogP contribution in [-0.2, 0) is 8.54 Å². The van der Waals surface area contributed by atoms with Crippen LogP contribution in [-0.4, -0.2) is 29.8 Å². The summed E-state index contributed by atoms with van der Waals surface area (Å²) in [5.74, 6) is 0. The lowest BCUT2D eigenvalue weighted by Gasteiger charge is -2.28. The van der Waals surface area contributed by atoms with E-state index in [4.69, 9.17) is 8.54 Å². The van der Waals surface area contributed by atoms with Gasteiger partial charge in [-0.2, -0.15) is 0 Å². The average Bonchev–Trinajstić information content (AvgIpc) is 2.73. The van der Waals surface area contributed by atoms with Gasteiger partial charge in [-0.05, 0) is 15.9 Å². The first-order chi connectivity index (χ1) is 12.7. The predicted molar refractivity (Wildman–Crippen MR) is 112 cm³/mol. The summed E-state index contributed by atoms with van der Waals surface area (Å²) in [7, 11) is -4.14. The Morgan fingerprint density at radius 2 is 1.35 bits per heavy atom. The highest BCUT2D eigenvalue weighted by atomic mass is 28.4. The third-order valence-corrected chi connectivity index (χ3v) is 10.1. The van der Waals surface area contributed by atoms with Crippen LogP contribution in [0.5, 0.6) is 0 Å². The molecule has 0 spiro atoms. The van der Waals surface area contributed by atoms with Gasteiger partial charge in [-0.3, -0.25) is 0 Å². The topological polar surface area (TPSA) is 38.7 Å². The fraction of sp³-hybridized carbons (Fsp3) is 0.0476. The molecule has 0 aliphatic rings.